The molecule has 0 aromatic heterocycles. The Hall–Kier alpha value is -0.550. The Balaban J connectivity index is 4.02. The maximum Gasteiger partial charge on any atom is 0.217 e. The fourth-order valence-electron chi connectivity index (χ4n) is 1.01. The van der Waals surface area contributed by atoms with Crippen LogP contribution >= 0.6 is 12.6 Å². The molecule has 4 nitrogen and oxygen atoms in total. The molecule has 2 atom stereocenters. The monoisotopic (exact) mass is 204 g/mol. The van der Waals surface area contributed by atoms with Gasteiger partial charge in [-0.2, -0.15) is 12.6 Å². The molecule has 0 bridgehead atoms. The van der Waals surface area contributed by atoms with E-state index in [1.807, 2.05) is 0 Å². The van der Waals surface area contributed by atoms with Crippen LogP contribution in [0.4, 0.5) is 0 Å². The van der Waals surface area contributed by atoms with Crippen LogP contribution in [0, 0.1) is 0 Å². The van der Waals surface area contributed by atoms with Crippen molar-refractivity contribution in [3.8, 4) is 0 Å². The van der Waals surface area contributed by atoms with Gasteiger partial charge in [0.15, 0.2) is 5.78 Å². The lowest BCUT2D eigenvalue weighted by Crippen LogP contribution is -2.38. The molecule has 1 amide bonds. The van der Waals surface area contributed by atoms with Crippen molar-refractivity contribution in [1.29, 1.82) is 0 Å². The highest BCUT2D eigenvalue weighted by Crippen LogP contribution is 2.04. The van der Waals surface area contributed by atoms with E-state index in [1.54, 1.807) is 14.0 Å². The molecular formula is C8H16N2O2S. The molecule has 0 fully saturated rings. The Morgan fingerprint density at radius 1 is 1.54 bits per heavy atom. The zero-order valence-corrected chi connectivity index (χ0v) is 8.80. The maximum atomic E-state index is 11.4. The van der Waals surface area contributed by atoms with E-state index in [0.29, 0.717) is 6.42 Å². The number of Topliss-reactive ketones (excluding diaryl/α,β-unsaturated/α-hetero) is 1. The Kier molecular flexibility index (Phi) is 5.73. The van der Waals surface area contributed by atoms with Gasteiger partial charge in [0.25, 0.3) is 0 Å². The van der Waals surface area contributed by atoms with Crippen molar-refractivity contribution in [3.63, 3.8) is 0 Å². The third-order valence-corrected chi connectivity index (χ3v) is 2.04. The van der Waals surface area contributed by atoms with Gasteiger partial charge in [0.1, 0.15) is 0 Å². The van der Waals surface area contributed by atoms with Crippen LogP contribution in [0.1, 0.15) is 19.8 Å². The topological polar surface area (TPSA) is 72.2 Å². The molecule has 0 heterocycles. The number of carbonyl (C=O) groups is 2. The average molecular weight is 204 g/mol. The molecule has 0 radical (unpaired) electrons. The number of hydrogen-bond acceptors (Lipinski definition) is 4. The number of likely N-dealkylation sites (N-methyl/N-ethyl adjacent to an activating group) is 1. The normalized spacial score (nSPS) is 15.0. The molecule has 0 aliphatic rings. The second kappa shape index (κ2) is 5.99. The van der Waals surface area contributed by atoms with Crippen LogP contribution in [-0.2, 0) is 9.59 Å². The molecule has 0 aromatic carbocycles. The summed E-state index contributed by atoms with van der Waals surface area (Å²) in [7, 11) is 1.68. The molecule has 5 heteroatoms. The minimum atomic E-state index is -0.389. The molecule has 13 heavy (non-hydrogen) atoms. The van der Waals surface area contributed by atoms with Gasteiger partial charge in [-0.1, -0.05) is 0 Å². The minimum absolute atomic E-state index is 0.00733. The van der Waals surface area contributed by atoms with Gasteiger partial charge in [-0.3, -0.25) is 9.59 Å². The summed E-state index contributed by atoms with van der Waals surface area (Å²) in [4.78, 5) is 21.9. The van der Waals surface area contributed by atoms with E-state index >= 15 is 0 Å². The molecule has 0 aliphatic heterocycles. The molecule has 0 saturated carbocycles. The Bertz CT molecular complexity index is 195. The summed E-state index contributed by atoms with van der Waals surface area (Å²) in [6.45, 7) is 1.71. The fraction of sp³-hybridized carbons (Fsp3) is 0.750. The number of nitrogens with one attached hydrogen (secondary N) is 1. The average Bonchev–Trinajstić information content (AvgIpc) is 2.04. The first-order valence-electron chi connectivity index (χ1n) is 4.16. The van der Waals surface area contributed by atoms with E-state index in [9.17, 15) is 9.59 Å². The van der Waals surface area contributed by atoms with Gasteiger partial charge >= 0.3 is 0 Å². The van der Waals surface area contributed by atoms with Gasteiger partial charge in [0.2, 0.25) is 5.91 Å². The first-order valence-corrected chi connectivity index (χ1v) is 4.68. The highest BCUT2D eigenvalue weighted by molar-refractivity contribution is 7.81. The van der Waals surface area contributed by atoms with E-state index in [4.69, 9.17) is 5.73 Å². The summed E-state index contributed by atoms with van der Waals surface area (Å²) < 4.78 is 0. The number of nitrogens with two attached hydrogens (primary N) is 1. The number of carbonyl (C=O) groups excluding carboxylic acids is 2. The summed E-state index contributed by atoms with van der Waals surface area (Å²) >= 11 is 4.03. The highest BCUT2D eigenvalue weighted by Gasteiger charge is 2.19. The maximum absolute atomic E-state index is 11.4. The number of thiol groups is 1. The quantitative estimate of drug-likeness (QED) is 0.521. The van der Waals surface area contributed by atoms with Crippen LogP contribution in [-0.4, -0.2) is 30.0 Å². The predicted molar refractivity (Wildman–Crippen MR) is 54.7 cm³/mol. The van der Waals surface area contributed by atoms with Crippen LogP contribution in [0.5, 0.6) is 0 Å². The minimum Gasteiger partial charge on any atom is -0.370 e. The third kappa shape index (κ3) is 4.90. The first-order chi connectivity index (χ1) is 5.99. The van der Waals surface area contributed by atoms with Gasteiger partial charge in [0, 0.05) is 6.42 Å². The second-order valence-electron chi connectivity index (χ2n) is 2.92. The standard InChI is InChI=1S/C8H16N2O2S/c1-5(13)8(12)6(10-2)3-4-7(9)11/h5-6,10,13H,3-4H2,1-2H3,(H2,9,11)/t5?,6-/m0/s1. The number of amides is 1. The lowest BCUT2D eigenvalue weighted by molar-refractivity contribution is -0.121. The summed E-state index contributed by atoms with van der Waals surface area (Å²) in [6, 6.07) is -0.319. The van der Waals surface area contributed by atoms with Crippen molar-refractivity contribution in [2.75, 3.05) is 7.05 Å². The third-order valence-electron chi connectivity index (χ3n) is 1.78. The lowest BCUT2D eigenvalue weighted by atomic mass is 10.0. The van der Waals surface area contributed by atoms with Crippen molar-refractivity contribution >= 4 is 24.3 Å². The van der Waals surface area contributed by atoms with Crippen molar-refractivity contribution in [2.45, 2.75) is 31.1 Å². The summed E-state index contributed by atoms with van der Waals surface area (Å²) in [6.07, 6.45) is 0.660. The van der Waals surface area contributed by atoms with E-state index < -0.39 is 0 Å². The van der Waals surface area contributed by atoms with Crippen molar-refractivity contribution < 1.29 is 9.59 Å². The molecule has 0 aromatic rings. The Labute approximate surface area is 83.7 Å². The molecule has 76 valence electrons. The number of ketones is 1. The summed E-state index contributed by atoms with van der Waals surface area (Å²) in [5.41, 5.74) is 4.97. The Morgan fingerprint density at radius 3 is 2.38 bits per heavy atom. The molecule has 0 spiro atoms. The van der Waals surface area contributed by atoms with Gasteiger partial charge < -0.3 is 11.1 Å². The highest BCUT2D eigenvalue weighted by atomic mass is 32.1. The van der Waals surface area contributed by atoms with E-state index in [2.05, 4.69) is 17.9 Å². The van der Waals surface area contributed by atoms with Crippen molar-refractivity contribution in [2.24, 2.45) is 5.73 Å². The van der Waals surface area contributed by atoms with Crippen LogP contribution in [0.25, 0.3) is 0 Å². The largest absolute Gasteiger partial charge is 0.370 e. The van der Waals surface area contributed by atoms with Gasteiger partial charge in [-0.15, -0.1) is 0 Å². The van der Waals surface area contributed by atoms with E-state index in [1.165, 1.54) is 0 Å². The molecule has 0 saturated heterocycles. The molecule has 0 aliphatic carbocycles. The number of rotatable bonds is 6. The van der Waals surface area contributed by atoms with Crippen LogP contribution < -0.4 is 11.1 Å². The second-order valence-corrected chi connectivity index (χ2v) is 3.70. The molecule has 1 unspecified atom stereocenters. The van der Waals surface area contributed by atoms with E-state index in [0.717, 1.165) is 0 Å². The molecular weight excluding hydrogens is 188 g/mol. The van der Waals surface area contributed by atoms with E-state index in [-0.39, 0.29) is 29.4 Å². The van der Waals surface area contributed by atoms with Crippen molar-refractivity contribution in [1.82, 2.24) is 5.32 Å². The summed E-state index contributed by atoms with van der Waals surface area (Å²) in [5, 5.41) is 2.52. The number of hydrogen-bond donors (Lipinski definition) is 3. The van der Waals surface area contributed by atoms with Gasteiger partial charge in [-0.05, 0) is 20.4 Å². The molecule has 3 N–H and O–H groups in total. The van der Waals surface area contributed by atoms with Gasteiger partial charge in [-0.25, -0.2) is 0 Å². The summed E-state index contributed by atoms with van der Waals surface area (Å²) in [5.74, 6) is -0.396. The smallest absolute Gasteiger partial charge is 0.217 e. The fourth-order valence-corrected chi connectivity index (χ4v) is 1.19. The van der Waals surface area contributed by atoms with Crippen molar-refractivity contribution in [3.05, 3.63) is 0 Å². The van der Waals surface area contributed by atoms with Gasteiger partial charge in [0.05, 0.1) is 11.3 Å². The first kappa shape index (κ1) is 12.4. The Morgan fingerprint density at radius 2 is 2.08 bits per heavy atom. The van der Waals surface area contributed by atoms with Crippen LogP contribution in [0.2, 0.25) is 0 Å². The zero-order chi connectivity index (χ0) is 10.4. The predicted octanol–water partition coefficient (Wildman–Crippen LogP) is -0.273. The lowest BCUT2D eigenvalue weighted by Gasteiger charge is -2.15. The molecule has 0 rings (SSSR count). The van der Waals surface area contributed by atoms with Crippen LogP contribution in [0.15, 0.2) is 0 Å². The number of primary amides is 1. The van der Waals surface area contributed by atoms with Crippen LogP contribution in [0.3, 0.4) is 0 Å². The SMILES string of the molecule is CN[C@@H](CCC(N)=O)C(=O)C(C)S. The zero-order valence-electron chi connectivity index (χ0n) is 7.91.